The number of carbonyl (C=O) groups is 1. The summed E-state index contributed by atoms with van der Waals surface area (Å²) in [6.45, 7) is 3.23. The Kier molecular flexibility index (Phi) is 4.63. The number of hydrogen-bond acceptors (Lipinski definition) is 4. The van der Waals surface area contributed by atoms with Crippen LogP contribution >= 0.6 is 11.8 Å². The topological polar surface area (TPSA) is 68.0 Å². The number of thioether (sulfide) groups is 1. The molecule has 0 amide bonds. The fraction of sp³-hybridized carbons (Fsp3) is 0.750. The van der Waals surface area contributed by atoms with Gasteiger partial charge in [0, 0.05) is 6.54 Å². The van der Waals surface area contributed by atoms with E-state index in [0.717, 1.165) is 17.6 Å². The Morgan fingerprint density at radius 3 is 2.89 bits per heavy atom. The van der Waals surface area contributed by atoms with Crippen molar-refractivity contribution in [3.63, 3.8) is 0 Å². The predicted octanol–water partition coefficient (Wildman–Crippen LogP) is 2.28. The number of carboxylic acids is 1. The third-order valence-electron chi connectivity index (χ3n) is 3.50. The van der Waals surface area contributed by atoms with Gasteiger partial charge in [0.15, 0.2) is 5.16 Å². The van der Waals surface area contributed by atoms with Gasteiger partial charge in [-0.1, -0.05) is 31.5 Å². The predicted molar refractivity (Wildman–Crippen MR) is 69.5 cm³/mol. The molecule has 5 nitrogen and oxygen atoms in total. The zero-order chi connectivity index (χ0) is 13.0. The van der Waals surface area contributed by atoms with Gasteiger partial charge in [-0.3, -0.25) is 4.79 Å². The average molecular weight is 269 g/mol. The molecule has 0 saturated heterocycles. The maximum Gasteiger partial charge on any atom is 0.313 e. The molecule has 2 rings (SSSR count). The maximum absolute atomic E-state index is 10.6. The number of carboxylic acid groups (broad SMARTS) is 1. The minimum Gasteiger partial charge on any atom is -0.481 e. The second-order valence-electron chi connectivity index (χ2n) is 5.07. The van der Waals surface area contributed by atoms with Crippen molar-refractivity contribution in [2.75, 3.05) is 5.75 Å². The normalized spacial score (nSPS) is 24.1. The first-order valence-corrected chi connectivity index (χ1v) is 7.36. The second-order valence-corrected chi connectivity index (χ2v) is 6.02. The molecule has 0 aromatic carbocycles. The molecule has 1 aromatic rings. The van der Waals surface area contributed by atoms with Crippen molar-refractivity contribution in [2.24, 2.45) is 11.8 Å². The van der Waals surface area contributed by atoms with E-state index in [4.69, 9.17) is 5.11 Å². The summed E-state index contributed by atoms with van der Waals surface area (Å²) >= 11 is 1.24. The highest BCUT2D eigenvalue weighted by Crippen LogP contribution is 2.30. The van der Waals surface area contributed by atoms with Crippen LogP contribution in [0.2, 0.25) is 0 Å². The SMILES string of the molecule is CC1CCC(Cn2cnnc2SCC(=O)O)CC1. The van der Waals surface area contributed by atoms with Gasteiger partial charge in [-0.2, -0.15) is 0 Å². The van der Waals surface area contributed by atoms with Gasteiger partial charge in [0.05, 0.1) is 5.75 Å². The Hall–Kier alpha value is -1.04. The first-order chi connectivity index (χ1) is 8.65. The minimum atomic E-state index is -0.818. The Bertz CT molecular complexity index is 400. The van der Waals surface area contributed by atoms with Gasteiger partial charge in [-0.05, 0) is 24.7 Å². The highest BCUT2D eigenvalue weighted by atomic mass is 32.2. The molecular formula is C12H19N3O2S. The monoisotopic (exact) mass is 269 g/mol. The van der Waals surface area contributed by atoms with Crippen molar-refractivity contribution < 1.29 is 9.90 Å². The molecule has 6 heteroatoms. The van der Waals surface area contributed by atoms with Gasteiger partial charge in [-0.15, -0.1) is 10.2 Å². The lowest BCUT2D eigenvalue weighted by atomic mass is 9.83. The highest BCUT2D eigenvalue weighted by Gasteiger charge is 2.19. The van der Waals surface area contributed by atoms with E-state index < -0.39 is 5.97 Å². The van der Waals surface area contributed by atoms with Crippen LogP contribution in [0.3, 0.4) is 0 Å². The van der Waals surface area contributed by atoms with Crippen LogP contribution in [-0.2, 0) is 11.3 Å². The Morgan fingerprint density at radius 2 is 2.22 bits per heavy atom. The van der Waals surface area contributed by atoms with E-state index in [1.807, 2.05) is 4.57 Å². The number of aliphatic carboxylic acids is 1. The summed E-state index contributed by atoms with van der Waals surface area (Å²) < 4.78 is 1.99. The molecule has 1 fully saturated rings. The van der Waals surface area contributed by atoms with Gasteiger partial charge < -0.3 is 9.67 Å². The average Bonchev–Trinajstić information content (AvgIpc) is 2.77. The van der Waals surface area contributed by atoms with Crippen LogP contribution in [0.1, 0.15) is 32.6 Å². The molecule has 0 atom stereocenters. The van der Waals surface area contributed by atoms with Gasteiger partial charge >= 0.3 is 5.97 Å². The van der Waals surface area contributed by atoms with Gasteiger partial charge in [0.2, 0.25) is 0 Å². The first-order valence-electron chi connectivity index (χ1n) is 6.37. The molecule has 0 radical (unpaired) electrons. The number of nitrogens with zero attached hydrogens (tertiary/aromatic N) is 3. The molecule has 0 bridgehead atoms. The van der Waals surface area contributed by atoms with Crippen molar-refractivity contribution in [1.82, 2.24) is 14.8 Å². The fourth-order valence-corrected chi connectivity index (χ4v) is 3.04. The third-order valence-corrected chi connectivity index (χ3v) is 4.46. The summed E-state index contributed by atoms with van der Waals surface area (Å²) in [5, 5.41) is 17.3. The summed E-state index contributed by atoms with van der Waals surface area (Å²) in [6, 6.07) is 0. The van der Waals surface area contributed by atoms with E-state index in [9.17, 15) is 4.79 Å². The Morgan fingerprint density at radius 1 is 1.50 bits per heavy atom. The van der Waals surface area contributed by atoms with E-state index in [0.29, 0.717) is 5.92 Å². The minimum absolute atomic E-state index is 0.0421. The lowest BCUT2D eigenvalue weighted by molar-refractivity contribution is -0.133. The van der Waals surface area contributed by atoms with Crippen molar-refractivity contribution >= 4 is 17.7 Å². The number of rotatable bonds is 5. The largest absolute Gasteiger partial charge is 0.481 e. The molecule has 18 heavy (non-hydrogen) atoms. The molecule has 0 aliphatic heterocycles. The van der Waals surface area contributed by atoms with Gasteiger partial charge in [0.25, 0.3) is 0 Å². The Labute approximate surface area is 111 Å². The highest BCUT2D eigenvalue weighted by molar-refractivity contribution is 7.99. The summed E-state index contributed by atoms with van der Waals surface area (Å²) in [5.41, 5.74) is 0. The van der Waals surface area contributed by atoms with E-state index in [-0.39, 0.29) is 5.75 Å². The molecular weight excluding hydrogens is 250 g/mol. The van der Waals surface area contributed by atoms with Crippen LogP contribution in [0, 0.1) is 11.8 Å². The molecule has 0 spiro atoms. The molecule has 1 aromatic heterocycles. The summed E-state index contributed by atoms with van der Waals surface area (Å²) in [4.78, 5) is 10.6. The quantitative estimate of drug-likeness (QED) is 0.831. The molecule has 1 saturated carbocycles. The summed E-state index contributed by atoms with van der Waals surface area (Å²) in [5.74, 6) is 0.755. The Balaban J connectivity index is 1.89. The van der Waals surface area contributed by atoms with Gasteiger partial charge in [0.1, 0.15) is 6.33 Å². The molecule has 1 aliphatic rings. The van der Waals surface area contributed by atoms with E-state index in [2.05, 4.69) is 17.1 Å². The van der Waals surface area contributed by atoms with Crippen LogP contribution < -0.4 is 0 Å². The van der Waals surface area contributed by atoms with Gasteiger partial charge in [-0.25, -0.2) is 0 Å². The first kappa shape index (κ1) is 13.4. The summed E-state index contributed by atoms with van der Waals surface area (Å²) in [7, 11) is 0. The van der Waals surface area contributed by atoms with Crippen LogP contribution in [0.25, 0.3) is 0 Å². The second kappa shape index (κ2) is 6.22. The molecule has 1 aliphatic carbocycles. The van der Waals surface area contributed by atoms with Crippen molar-refractivity contribution in [3.8, 4) is 0 Å². The van der Waals surface area contributed by atoms with Crippen molar-refractivity contribution in [1.29, 1.82) is 0 Å². The van der Waals surface area contributed by atoms with Crippen molar-refractivity contribution in [3.05, 3.63) is 6.33 Å². The number of hydrogen-bond donors (Lipinski definition) is 1. The van der Waals surface area contributed by atoms with Crippen molar-refractivity contribution in [2.45, 2.75) is 44.3 Å². The molecule has 0 unspecified atom stereocenters. The fourth-order valence-electron chi connectivity index (χ4n) is 2.40. The van der Waals surface area contributed by atoms with Crippen LogP contribution in [0.4, 0.5) is 0 Å². The molecule has 1 heterocycles. The van der Waals surface area contributed by atoms with Crippen LogP contribution in [0.5, 0.6) is 0 Å². The van der Waals surface area contributed by atoms with E-state index in [1.165, 1.54) is 37.4 Å². The zero-order valence-corrected chi connectivity index (χ0v) is 11.4. The maximum atomic E-state index is 10.6. The standard InChI is InChI=1S/C12H19N3O2S/c1-9-2-4-10(5-3-9)6-15-8-13-14-12(15)18-7-11(16)17/h8-10H,2-7H2,1H3,(H,16,17). The molecule has 1 N–H and O–H groups in total. The molecule has 100 valence electrons. The smallest absolute Gasteiger partial charge is 0.313 e. The lowest BCUT2D eigenvalue weighted by Gasteiger charge is -2.26. The summed E-state index contributed by atoms with van der Waals surface area (Å²) in [6.07, 6.45) is 6.81. The zero-order valence-electron chi connectivity index (χ0n) is 10.6. The van der Waals surface area contributed by atoms with E-state index >= 15 is 0 Å². The lowest BCUT2D eigenvalue weighted by Crippen LogP contribution is -2.18. The van der Waals surface area contributed by atoms with Crippen LogP contribution in [0.15, 0.2) is 11.5 Å². The van der Waals surface area contributed by atoms with Crippen LogP contribution in [-0.4, -0.2) is 31.6 Å². The third kappa shape index (κ3) is 3.73. The van der Waals surface area contributed by atoms with E-state index in [1.54, 1.807) is 6.33 Å². The number of aromatic nitrogens is 3.